The summed E-state index contributed by atoms with van der Waals surface area (Å²) in [6.45, 7) is 0. The lowest BCUT2D eigenvalue weighted by Gasteiger charge is -2.15. The van der Waals surface area contributed by atoms with Crippen molar-refractivity contribution in [1.82, 2.24) is 0 Å². The van der Waals surface area contributed by atoms with E-state index in [4.69, 9.17) is 10.2 Å². The fourth-order valence-corrected chi connectivity index (χ4v) is 1.26. The SMILES string of the molecule is O=C(O)c1cc(NC(=O)C(F)(F)C(F)F)cc(C(=O)O)c1. The fraction of sp³-hybridized carbons (Fsp3) is 0.182. The number of nitrogens with one attached hydrogen (secondary N) is 1. The van der Waals surface area contributed by atoms with Crippen LogP contribution in [-0.2, 0) is 4.79 Å². The number of anilines is 1. The Kier molecular flexibility index (Phi) is 4.51. The Labute approximate surface area is 114 Å². The normalized spacial score (nSPS) is 11.3. The molecule has 0 radical (unpaired) electrons. The van der Waals surface area contributed by atoms with Crippen LogP contribution in [0.15, 0.2) is 18.2 Å². The maximum absolute atomic E-state index is 12.7. The van der Waals surface area contributed by atoms with Crippen molar-refractivity contribution < 1.29 is 42.2 Å². The van der Waals surface area contributed by atoms with Crippen molar-refractivity contribution >= 4 is 23.5 Å². The molecule has 0 fully saturated rings. The quantitative estimate of drug-likeness (QED) is 0.721. The third-order valence-electron chi connectivity index (χ3n) is 2.26. The molecule has 10 heteroatoms. The van der Waals surface area contributed by atoms with Crippen molar-refractivity contribution in [2.45, 2.75) is 12.3 Å². The van der Waals surface area contributed by atoms with Crippen molar-refractivity contribution in [3.05, 3.63) is 29.3 Å². The lowest BCUT2D eigenvalue weighted by Crippen LogP contribution is -2.41. The van der Waals surface area contributed by atoms with Crippen LogP contribution in [-0.4, -0.2) is 40.4 Å². The number of amides is 1. The molecular formula is C11H7F4NO5. The van der Waals surface area contributed by atoms with Crippen LogP contribution >= 0.6 is 0 Å². The first-order chi connectivity index (χ1) is 9.55. The Morgan fingerprint density at radius 1 is 1.00 bits per heavy atom. The monoisotopic (exact) mass is 309 g/mol. The summed E-state index contributed by atoms with van der Waals surface area (Å²) in [4.78, 5) is 32.5. The van der Waals surface area contributed by atoms with Crippen LogP contribution in [0.4, 0.5) is 23.2 Å². The molecule has 0 atom stereocenters. The zero-order valence-electron chi connectivity index (χ0n) is 9.94. The van der Waals surface area contributed by atoms with Gasteiger partial charge in [-0.1, -0.05) is 0 Å². The van der Waals surface area contributed by atoms with E-state index in [2.05, 4.69) is 0 Å². The number of aromatic carboxylic acids is 2. The summed E-state index contributed by atoms with van der Waals surface area (Å²) in [5, 5.41) is 18.8. The Bertz CT molecular complexity index is 570. The predicted molar refractivity (Wildman–Crippen MR) is 59.9 cm³/mol. The van der Waals surface area contributed by atoms with E-state index in [0.29, 0.717) is 18.2 Å². The van der Waals surface area contributed by atoms with Crippen LogP contribution in [0, 0.1) is 0 Å². The highest BCUT2D eigenvalue weighted by molar-refractivity contribution is 6.00. The van der Waals surface area contributed by atoms with Gasteiger partial charge in [0.15, 0.2) is 0 Å². The summed E-state index contributed by atoms with van der Waals surface area (Å²) in [7, 11) is 0. The molecule has 1 amide bonds. The maximum atomic E-state index is 12.7. The summed E-state index contributed by atoms with van der Waals surface area (Å²) in [5.41, 5.74) is -1.89. The van der Waals surface area contributed by atoms with Gasteiger partial charge in [0.05, 0.1) is 11.1 Å². The molecule has 6 nitrogen and oxygen atoms in total. The van der Waals surface area contributed by atoms with Gasteiger partial charge in [-0.2, -0.15) is 8.78 Å². The van der Waals surface area contributed by atoms with Crippen LogP contribution in [0.5, 0.6) is 0 Å². The first kappa shape index (κ1) is 16.4. The zero-order chi connectivity index (χ0) is 16.4. The minimum atomic E-state index is -5.00. The van der Waals surface area contributed by atoms with E-state index < -0.39 is 47.0 Å². The van der Waals surface area contributed by atoms with Crippen molar-refractivity contribution in [2.24, 2.45) is 0 Å². The number of rotatable bonds is 5. The molecule has 21 heavy (non-hydrogen) atoms. The van der Waals surface area contributed by atoms with Gasteiger partial charge >= 0.3 is 30.2 Å². The molecule has 0 aromatic heterocycles. The molecule has 0 spiro atoms. The van der Waals surface area contributed by atoms with Crippen LogP contribution in [0.3, 0.4) is 0 Å². The standard InChI is InChI=1S/C11H7F4NO5/c12-9(13)11(14,15)10(21)16-6-2-4(7(17)18)1-5(3-6)8(19)20/h1-3,9H,(H,16,21)(H,17,18)(H,19,20). The van der Waals surface area contributed by atoms with Crippen LogP contribution in [0.2, 0.25) is 0 Å². The maximum Gasteiger partial charge on any atom is 0.383 e. The molecule has 1 rings (SSSR count). The number of carbonyl (C=O) groups is 3. The largest absolute Gasteiger partial charge is 0.478 e. The Balaban J connectivity index is 3.17. The molecule has 0 aliphatic heterocycles. The smallest absolute Gasteiger partial charge is 0.383 e. The number of hydrogen-bond donors (Lipinski definition) is 3. The summed E-state index contributed by atoms with van der Waals surface area (Å²) in [6.07, 6.45) is -4.26. The molecule has 0 bridgehead atoms. The van der Waals surface area contributed by atoms with Crippen LogP contribution < -0.4 is 5.32 Å². The molecule has 1 aromatic carbocycles. The number of benzene rings is 1. The third-order valence-corrected chi connectivity index (χ3v) is 2.26. The molecule has 0 aliphatic carbocycles. The minimum absolute atomic E-state index is 0.620. The van der Waals surface area contributed by atoms with Crippen molar-refractivity contribution in [1.29, 1.82) is 0 Å². The lowest BCUT2D eigenvalue weighted by atomic mass is 10.1. The average Bonchev–Trinajstić information content (AvgIpc) is 2.37. The zero-order valence-corrected chi connectivity index (χ0v) is 9.94. The molecule has 3 N–H and O–H groups in total. The average molecular weight is 309 g/mol. The Morgan fingerprint density at radius 3 is 1.76 bits per heavy atom. The van der Waals surface area contributed by atoms with Crippen molar-refractivity contribution in [3.63, 3.8) is 0 Å². The van der Waals surface area contributed by atoms with Gasteiger partial charge in [0, 0.05) is 5.69 Å². The predicted octanol–water partition coefficient (Wildman–Crippen LogP) is 1.92. The van der Waals surface area contributed by atoms with Gasteiger partial charge in [0.1, 0.15) is 0 Å². The highest BCUT2D eigenvalue weighted by atomic mass is 19.3. The van der Waals surface area contributed by atoms with E-state index in [1.54, 1.807) is 0 Å². The molecule has 0 saturated heterocycles. The van der Waals surface area contributed by atoms with Crippen LogP contribution in [0.1, 0.15) is 20.7 Å². The highest BCUT2D eigenvalue weighted by Crippen LogP contribution is 2.25. The second-order valence-corrected chi connectivity index (χ2v) is 3.79. The van der Waals surface area contributed by atoms with Gasteiger partial charge in [0.2, 0.25) is 0 Å². The topological polar surface area (TPSA) is 104 Å². The molecule has 114 valence electrons. The molecule has 0 aliphatic rings. The molecule has 0 unspecified atom stereocenters. The number of hydrogen-bond acceptors (Lipinski definition) is 3. The summed E-state index contributed by atoms with van der Waals surface area (Å²) in [5.74, 6) is -10.6. The number of carboxylic acid groups (broad SMARTS) is 2. The summed E-state index contributed by atoms with van der Waals surface area (Å²) < 4.78 is 49.5. The molecule has 1 aromatic rings. The number of carbonyl (C=O) groups excluding carboxylic acids is 1. The first-order valence-corrected chi connectivity index (χ1v) is 5.14. The fourth-order valence-electron chi connectivity index (χ4n) is 1.26. The second kappa shape index (κ2) is 5.77. The van der Waals surface area contributed by atoms with Gasteiger partial charge in [-0.05, 0) is 18.2 Å². The van der Waals surface area contributed by atoms with Gasteiger partial charge in [-0.3, -0.25) is 4.79 Å². The first-order valence-electron chi connectivity index (χ1n) is 5.14. The van der Waals surface area contributed by atoms with Crippen LogP contribution in [0.25, 0.3) is 0 Å². The van der Waals surface area contributed by atoms with Crippen molar-refractivity contribution in [3.8, 4) is 0 Å². The van der Waals surface area contributed by atoms with Gasteiger partial charge < -0.3 is 15.5 Å². The van der Waals surface area contributed by atoms with E-state index in [9.17, 15) is 31.9 Å². The summed E-state index contributed by atoms with van der Waals surface area (Å²) >= 11 is 0. The minimum Gasteiger partial charge on any atom is -0.478 e. The number of alkyl halides is 4. The molecule has 0 heterocycles. The van der Waals surface area contributed by atoms with Crippen molar-refractivity contribution in [2.75, 3.05) is 5.32 Å². The van der Waals surface area contributed by atoms with E-state index in [0.717, 1.165) is 0 Å². The van der Waals surface area contributed by atoms with Gasteiger partial charge in [-0.15, -0.1) is 0 Å². The molecular weight excluding hydrogens is 302 g/mol. The Morgan fingerprint density at radius 2 is 1.43 bits per heavy atom. The third kappa shape index (κ3) is 3.68. The Hall–Kier alpha value is -2.65. The number of carboxylic acids is 2. The summed E-state index contributed by atoms with van der Waals surface area (Å²) in [6, 6.07) is 2.04. The second-order valence-electron chi connectivity index (χ2n) is 3.79. The van der Waals surface area contributed by atoms with E-state index >= 15 is 0 Å². The number of halogens is 4. The lowest BCUT2D eigenvalue weighted by molar-refractivity contribution is -0.163. The van der Waals surface area contributed by atoms with Gasteiger partial charge in [-0.25, -0.2) is 18.4 Å². The highest BCUT2D eigenvalue weighted by Gasteiger charge is 2.49. The van der Waals surface area contributed by atoms with E-state index in [1.807, 2.05) is 0 Å². The van der Waals surface area contributed by atoms with E-state index in [1.165, 1.54) is 5.32 Å². The molecule has 0 saturated carbocycles. The van der Waals surface area contributed by atoms with E-state index in [-0.39, 0.29) is 0 Å². The van der Waals surface area contributed by atoms with Gasteiger partial charge in [0.25, 0.3) is 0 Å².